The van der Waals surface area contributed by atoms with E-state index in [4.69, 9.17) is 11.0 Å². The number of hydrogen-bond donors (Lipinski definition) is 0. The van der Waals surface area contributed by atoms with Gasteiger partial charge in [-0.1, -0.05) is 78.9 Å². The molecule has 7 rings (SSSR count). The van der Waals surface area contributed by atoms with E-state index in [0.717, 1.165) is 49.8 Å². The van der Waals surface area contributed by atoms with E-state index in [-0.39, 0.29) is 0 Å². The standard InChI is InChI=1S/C33H20N2O/c1-34-24-15-17-26(18-16-24)35(25-11-3-2-4-12-25)31-21-30-29-19-22-9-5-6-10-23(22)20-32(29)36-33(30)28-14-8-7-13-27(28)31/h2-21H. The molecule has 0 N–H and O–H groups in total. The lowest BCUT2D eigenvalue weighted by molar-refractivity contribution is 0.673. The Kier molecular flexibility index (Phi) is 4.52. The van der Waals surface area contributed by atoms with Crippen molar-refractivity contribution in [2.45, 2.75) is 0 Å². The minimum atomic E-state index is 0.625. The summed E-state index contributed by atoms with van der Waals surface area (Å²) < 4.78 is 6.50. The van der Waals surface area contributed by atoms with Crippen LogP contribution in [-0.4, -0.2) is 0 Å². The quantitative estimate of drug-likeness (QED) is 0.245. The molecule has 3 nitrogen and oxygen atoms in total. The van der Waals surface area contributed by atoms with E-state index >= 15 is 0 Å². The van der Waals surface area contributed by atoms with Gasteiger partial charge in [-0.2, -0.15) is 0 Å². The maximum absolute atomic E-state index is 7.37. The molecule has 0 spiro atoms. The Morgan fingerprint density at radius 2 is 1.19 bits per heavy atom. The number of hydrogen-bond acceptors (Lipinski definition) is 2. The van der Waals surface area contributed by atoms with Crippen LogP contribution in [0, 0.1) is 6.57 Å². The Labute approximate surface area is 208 Å². The van der Waals surface area contributed by atoms with Gasteiger partial charge in [-0.25, -0.2) is 4.85 Å². The average Bonchev–Trinajstić information content (AvgIpc) is 3.30. The molecule has 0 fully saturated rings. The van der Waals surface area contributed by atoms with E-state index in [0.29, 0.717) is 5.69 Å². The first kappa shape index (κ1) is 20.3. The summed E-state index contributed by atoms with van der Waals surface area (Å²) in [4.78, 5) is 5.84. The van der Waals surface area contributed by atoms with Gasteiger partial charge in [-0.15, -0.1) is 0 Å². The molecule has 1 heterocycles. The van der Waals surface area contributed by atoms with Crippen molar-refractivity contribution in [2.75, 3.05) is 4.90 Å². The Morgan fingerprint density at radius 1 is 0.556 bits per heavy atom. The lowest BCUT2D eigenvalue weighted by Gasteiger charge is -2.27. The highest BCUT2D eigenvalue weighted by atomic mass is 16.3. The molecule has 0 unspecified atom stereocenters. The third-order valence-corrected chi connectivity index (χ3v) is 6.82. The summed E-state index contributed by atoms with van der Waals surface area (Å²) in [5.41, 5.74) is 5.53. The van der Waals surface area contributed by atoms with Crippen molar-refractivity contribution in [1.82, 2.24) is 0 Å². The fraction of sp³-hybridized carbons (Fsp3) is 0. The van der Waals surface area contributed by atoms with E-state index in [1.165, 1.54) is 10.8 Å². The van der Waals surface area contributed by atoms with Crippen molar-refractivity contribution < 1.29 is 4.42 Å². The first-order chi connectivity index (χ1) is 17.8. The van der Waals surface area contributed by atoms with Crippen LogP contribution < -0.4 is 4.90 Å². The van der Waals surface area contributed by atoms with Crippen molar-refractivity contribution in [2.24, 2.45) is 0 Å². The molecule has 6 aromatic carbocycles. The molecule has 0 aliphatic heterocycles. The van der Waals surface area contributed by atoms with E-state index in [9.17, 15) is 0 Å². The van der Waals surface area contributed by atoms with Crippen LogP contribution in [0.4, 0.5) is 22.7 Å². The summed E-state index contributed by atoms with van der Waals surface area (Å²) in [5.74, 6) is 0. The van der Waals surface area contributed by atoms with Gasteiger partial charge in [-0.3, -0.25) is 0 Å². The smallest absolute Gasteiger partial charge is 0.187 e. The van der Waals surface area contributed by atoms with Gasteiger partial charge in [0.1, 0.15) is 11.2 Å². The number of anilines is 3. The molecular formula is C33H20N2O. The second-order valence-corrected chi connectivity index (χ2v) is 8.91. The van der Waals surface area contributed by atoms with Crippen molar-refractivity contribution in [3.05, 3.63) is 133 Å². The van der Waals surface area contributed by atoms with Crippen LogP contribution in [0.5, 0.6) is 0 Å². The van der Waals surface area contributed by atoms with Gasteiger partial charge in [0.05, 0.1) is 12.3 Å². The topological polar surface area (TPSA) is 20.7 Å². The van der Waals surface area contributed by atoms with Gasteiger partial charge in [0.25, 0.3) is 0 Å². The molecule has 168 valence electrons. The molecule has 0 atom stereocenters. The number of para-hydroxylation sites is 1. The molecule has 36 heavy (non-hydrogen) atoms. The second kappa shape index (κ2) is 8.01. The highest BCUT2D eigenvalue weighted by Gasteiger charge is 2.20. The Balaban J connectivity index is 1.59. The van der Waals surface area contributed by atoms with Gasteiger partial charge in [0.2, 0.25) is 0 Å². The summed E-state index contributed by atoms with van der Waals surface area (Å²) in [7, 11) is 0. The highest BCUT2D eigenvalue weighted by Crippen LogP contribution is 2.45. The molecule has 3 heteroatoms. The third kappa shape index (κ3) is 3.13. The van der Waals surface area contributed by atoms with Crippen molar-refractivity contribution in [3.63, 3.8) is 0 Å². The molecule has 1 aromatic heterocycles. The maximum atomic E-state index is 7.37. The van der Waals surface area contributed by atoms with E-state index in [2.05, 4.69) is 101 Å². The van der Waals surface area contributed by atoms with E-state index in [1.807, 2.05) is 30.3 Å². The van der Waals surface area contributed by atoms with Crippen molar-refractivity contribution in [3.8, 4) is 0 Å². The van der Waals surface area contributed by atoms with E-state index in [1.54, 1.807) is 0 Å². The Hall–Kier alpha value is -5.07. The molecule has 0 aliphatic carbocycles. The lowest BCUT2D eigenvalue weighted by Crippen LogP contribution is -2.10. The first-order valence-corrected chi connectivity index (χ1v) is 11.9. The summed E-state index contributed by atoms with van der Waals surface area (Å²) in [5, 5.41) is 6.72. The minimum Gasteiger partial charge on any atom is -0.455 e. The summed E-state index contributed by atoms with van der Waals surface area (Å²) in [6, 6.07) is 41.5. The van der Waals surface area contributed by atoms with Crippen molar-refractivity contribution >= 4 is 66.2 Å². The molecule has 0 amide bonds. The van der Waals surface area contributed by atoms with Crippen LogP contribution in [0.3, 0.4) is 0 Å². The number of fused-ring (bicyclic) bond motifs is 6. The number of benzene rings is 6. The molecule has 0 saturated heterocycles. The van der Waals surface area contributed by atoms with Crippen LogP contribution in [-0.2, 0) is 0 Å². The average molecular weight is 461 g/mol. The van der Waals surface area contributed by atoms with Crippen LogP contribution in [0.25, 0.3) is 48.3 Å². The van der Waals surface area contributed by atoms with Gasteiger partial charge in [-0.05, 0) is 53.2 Å². The van der Waals surface area contributed by atoms with Gasteiger partial charge in [0.15, 0.2) is 5.69 Å². The molecule has 0 saturated carbocycles. The summed E-state index contributed by atoms with van der Waals surface area (Å²) >= 11 is 0. The zero-order valence-electron chi connectivity index (χ0n) is 19.3. The molecular weight excluding hydrogens is 440 g/mol. The molecule has 7 aromatic rings. The van der Waals surface area contributed by atoms with E-state index < -0.39 is 0 Å². The fourth-order valence-corrected chi connectivity index (χ4v) is 5.13. The SMILES string of the molecule is [C-]#[N+]c1ccc(N(c2ccccc2)c2cc3c4cc5ccccc5cc4oc3c3ccccc23)cc1. The minimum absolute atomic E-state index is 0.625. The number of rotatable bonds is 3. The monoisotopic (exact) mass is 460 g/mol. The normalized spacial score (nSPS) is 11.3. The van der Waals surface area contributed by atoms with Gasteiger partial charge in [0, 0.05) is 32.9 Å². The Morgan fingerprint density at radius 3 is 1.94 bits per heavy atom. The van der Waals surface area contributed by atoms with Gasteiger partial charge < -0.3 is 9.32 Å². The molecule has 0 aliphatic rings. The first-order valence-electron chi connectivity index (χ1n) is 11.9. The Bertz CT molecular complexity index is 1940. The number of nitrogens with zero attached hydrogens (tertiary/aromatic N) is 2. The molecule has 0 radical (unpaired) electrons. The summed E-state index contributed by atoms with van der Waals surface area (Å²) in [6.45, 7) is 7.37. The van der Waals surface area contributed by atoms with Crippen LogP contribution in [0.1, 0.15) is 0 Å². The second-order valence-electron chi connectivity index (χ2n) is 8.91. The zero-order valence-corrected chi connectivity index (χ0v) is 19.3. The van der Waals surface area contributed by atoms with Crippen LogP contribution in [0.15, 0.2) is 126 Å². The fourth-order valence-electron chi connectivity index (χ4n) is 5.13. The predicted molar refractivity (Wildman–Crippen MR) is 150 cm³/mol. The maximum Gasteiger partial charge on any atom is 0.187 e. The number of furan rings is 1. The molecule has 0 bridgehead atoms. The highest BCUT2D eigenvalue weighted by molar-refractivity contribution is 6.21. The van der Waals surface area contributed by atoms with Gasteiger partial charge >= 0.3 is 0 Å². The van der Waals surface area contributed by atoms with Crippen molar-refractivity contribution in [1.29, 1.82) is 0 Å². The lowest BCUT2D eigenvalue weighted by atomic mass is 10.0. The predicted octanol–water partition coefficient (Wildman–Crippen LogP) is 9.91. The third-order valence-electron chi connectivity index (χ3n) is 6.82. The zero-order chi connectivity index (χ0) is 24.1. The largest absolute Gasteiger partial charge is 0.455 e. The summed E-state index contributed by atoms with van der Waals surface area (Å²) in [6.07, 6.45) is 0. The van der Waals surface area contributed by atoms with Crippen LogP contribution in [0.2, 0.25) is 0 Å². The van der Waals surface area contributed by atoms with Crippen LogP contribution >= 0.6 is 0 Å².